The van der Waals surface area contributed by atoms with E-state index in [1.807, 2.05) is 6.92 Å². The molecule has 0 spiro atoms. The molecule has 160 valence electrons. The number of hydrogen-bond donors (Lipinski definition) is 1. The normalized spacial score (nSPS) is 13.6. The molecule has 0 radical (unpaired) electrons. The topological polar surface area (TPSA) is 23.5 Å². The van der Waals surface area contributed by atoms with Crippen LogP contribution in [-0.4, -0.2) is 36.2 Å². The second-order valence-corrected chi connectivity index (χ2v) is 8.44. The molecule has 2 nitrogen and oxygen atoms in total. The number of rotatable bonds is 19. The molecule has 2 atom stereocenters. The van der Waals surface area contributed by atoms with Crippen LogP contribution in [-0.2, 0) is 0 Å². The highest BCUT2D eigenvalue weighted by atomic mass is 35.5. The summed E-state index contributed by atoms with van der Waals surface area (Å²) in [6, 6.07) is 0.543. The van der Waals surface area contributed by atoms with Crippen molar-refractivity contribution in [3.63, 3.8) is 0 Å². The minimum absolute atomic E-state index is 0. The van der Waals surface area contributed by atoms with Gasteiger partial charge in [-0.15, -0.1) is 12.4 Å². The quantitative estimate of drug-likeness (QED) is 0.232. The highest BCUT2D eigenvalue weighted by Crippen LogP contribution is 2.16. The Kier molecular flexibility index (Phi) is 23.5. The van der Waals surface area contributed by atoms with Gasteiger partial charge in [-0.25, -0.2) is 0 Å². The fraction of sp³-hybridized carbons (Fsp3) is 1.00. The molecular weight excluding hydrogens is 342 g/mol. The molecule has 0 aromatic heterocycles. The summed E-state index contributed by atoms with van der Waals surface area (Å²) in [5.41, 5.74) is 0. The Morgan fingerprint density at radius 3 is 1.31 bits per heavy atom. The number of halogens is 1. The molecule has 0 bridgehead atoms. The smallest absolute Gasteiger partial charge is 0.0527 e. The summed E-state index contributed by atoms with van der Waals surface area (Å²) >= 11 is 0. The molecule has 0 amide bonds. The molecule has 0 aromatic rings. The van der Waals surface area contributed by atoms with E-state index in [2.05, 4.69) is 25.9 Å². The van der Waals surface area contributed by atoms with Crippen LogP contribution in [0.15, 0.2) is 0 Å². The molecule has 0 rings (SSSR count). The van der Waals surface area contributed by atoms with Gasteiger partial charge in [-0.05, 0) is 33.9 Å². The fourth-order valence-electron chi connectivity index (χ4n) is 3.73. The Bertz CT molecular complexity index is 259. The highest BCUT2D eigenvalue weighted by Gasteiger charge is 2.13. The van der Waals surface area contributed by atoms with Crippen LogP contribution >= 0.6 is 12.4 Å². The van der Waals surface area contributed by atoms with Gasteiger partial charge in [0.2, 0.25) is 0 Å². The predicted octanol–water partition coefficient (Wildman–Crippen LogP) is 7.37. The Morgan fingerprint density at radius 1 is 0.654 bits per heavy atom. The van der Waals surface area contributed by atoms with Crippen molar-refractivity contribution < 1.29 is 5.11 Å². The van der Waals surface area contributed by atoms with Crippen LogP contribution in [0.5, 0.6) is 0 Å². The van der Waals surface area contributed by atoms with Crippen molar-refractivity contribution in [3.05, 3.63) is 0 Å². The fourth-order valence-corrected chi connectivity index (χ4v) is 3.73. The van der Waals surface area contributed by atoms with Crippen molar-refractivity contribution in [2.75, 3.05) is 14.1 Å². The van der Waals surface area contributed by atoms with Gasteiger partial charge in [-0.2, -0.15) is 0 Å². The van der Waals surface area contributed by atoms with E-state index in [1.54, 1.807) is 0 Å². The second kappa shape index (κ2) is 21.5. The van der Waals surface area contributed by atoms with Gasteiger partial charge in [-0.1, -0.05) is 103 Å². The van der Waals surface area contributed by atoms with Crippen molar-refractivity contribution in [2.24, 2.45) is 0 Å². The highest BCUT2D eigenvalue weighted by molar-refractivity contribution is 5.85. The van der Waals surface area contributed by atoms with Crippen LogP contribution < -0.4 is 0 Å². The maximum atomic E-state index is 9.57. The number of hydrogen-bond acceptors (Lipinski definition) is 2. The van der Waals surface area contributed by atoms with Gasteiger partial charge in [0.05, 0.1) is 6.10 Å². The minimum atomic E-state index is -0.177. The summed E-state index contributed by atoms with van der Waals surface area (Å²) in [4.78, 5) is 2.27. The van der Waals surface area contributed by atoms with Gasteiger partial charge in [0.1, 0.15) is 0 Å². The summed E-state index contributed by atoms with van der Waals surface area (Å²) in [6.07, 6.45) is 23.3. The summed E-state index contributed by atoms with van der Waals surface area (Å²) in [5.74, 6) is 0. The molecule has 0 saturated heterocycles. The molecule has 0 saturated carbocycles. The number of unbranched alkanes of at least 4 members (excludes halogenated alkanes) is 14. The molecular formula is C23H50ClNO. The third-order valence-corrected chi connectivity index (χ3v) is 5.48. The molecule has 0 fully saturated rings. The third-order valence-electron chi connectivity index (χ3n) is 5.48. The summed E-state index contributed by atoms with van der Waals surface area (Å²) in [7, 11) is 4.27. The maximum absolute atomic E-state index is 9.57. The van der Waals surface area contributed by atoms with Crippen molar-refractivity contribution in [3.8, 4) is 0 Å². The van der Waals surface area contributed by atoms with Gasteiger partial charge in [0.15, 0.2) is 0 Å². The van der Waals surface area contributed by atoms with Crippen molar-refractivity contribution >= 4 is 12.4 Å². The van der Waals surface area contributed by atoms with Crippen molar-refractivity contribution in [1.29, 1.82) is 0 Å². The Labute approximate surface area is 171 Å². The monoisotopic (exact) mass is 391 g/mol. The summed E-state index contributed by atoms with van der Waals surface area (Å²) in [5, 5.41) is 9.57. The van der Waals surface area contributed by atoms with Crippen LogP contribution in [0.3, 0.4) is 0 Å². The zero-order valence-corrected chi connectivity index (χ0v) is 19.3. The lowest BCUT2D eigenvalue weighted by atomic mass is 10.0. The molecule has 3 heteroatoms. The van der Waals surface area contributed by atoms with Crippen molar-refractivity contribution in [2.45, 2.75) is 135 Å². The van der Waals surface area contributed by atoms with Gasteiger partial charge in [0.25, 0.3) is 0 Å². The van der Waals surface area contributed by atoms with Crippen molar-refractivity contribution in [1.82, 2.24) is 4.90 Å². The Balaban J connectivity index is 0. The number of aliphatic hydroxyl groups is 1. The minimum Gasteiger partial charge on any atom is -0.393 e. The molecule has 0 aliphatic carbocycles. The first-order valence-electron chi connectivity index (χ1n) is 11.4. The lowest BCUT2D eigenvalue weighted by Crippen LogP contribution is -2.31. The molecule has 0 heterocycles. The van der Waals surface area contributed by atoms with Crippen LogP contribution in [0.1, 0.15) is 123 Å². The number of nitrogens with zero attached hydrogens (tertiary/aromatic N) is 1. The first kappa shape index (κ1) is 28.4. The third kappa shape index (κ3) is 20.5. The summed E-state index contributed by atoms with van der Waals surface area (Å²) < 4.78 is 0. The van der Waals surface area contributed by atoms with E-state index < -0.39 is 0 Å². The van der Waals surface area contributed by atoms with Crippen LogP contribution in [0, 0.1) is 0 Å². The first-order chi connectivity index (χ1) is 12.1. The van der Waals surface area contributed by atoms with E-state index in [1.165, 1.54) is 103 Å². The second-order valence-electron chi connectivity index (χ2n) is 8.44. The first-order valence-corrected chi connectivity index (χ1v) is 11.4. The van der Waals surface area contributed by atoms with E-state index in [9.17, 15) is 5.11 Å². The molecule has 0 aliphatic rings. The van der Waals surface area contributed by atoms with E-state index in [-0.39, 0.29) is 18.5 Å². The zero-order chi connectivity index (χ0) is 18.8. The van der Waals surface area contributed by atoms with E-state index >= 15 is 0 Å². The number of aliphatic hydroxyl groups excluding tert-OH is 1. The van der Waals surface area contributed by atoms with Gasteiger partial charge >= 0.3 is 0 Å². The SMILES string of the molecule is CCCCCCCCCCCCCCCCCC(CC(C)O)N(C)C.Cl. The zero-order valence-electron chi connectivity index (χ0n) is 18.5. The summed E-state index contributed by atoms with van der Waals surface area (Å²) in [6.45, 7) is 4.20. The van der Waals surface area contributed by atoms with E-state index in [0.29, 0.717) is 6.04 Å². The largest absolute Gasteiger partial charge is 0.393 e. The maximum Gasteiger partial charge on any atom is 0.0527 e. The van der Waals surface area contributed by atoms with E-state index in [0.717, 1.165) is 6.42 Å². The standard InChI is InChI=1S/C23H49NO.ClH/c1-5-6-7-8-9-10-11-12-13-14-15-16-17-18-19-20-23(24(3)4)21-22(2)25;/h22-23,25H,5-21H2,1-4H3;1H. The van der Waals surface area contributed by atoms with Gasteiger partial charge in [0, 0.05) is 6.04 Å². The average Bonchev–Trinajstić information content (AvgIpc) is 2.56. The van der Waals surface area contributed by atoms with E-state index in [4.69, 9.17) is 0 Å². The van der Waals surface area contributed by atoms with Crippen LogP contribution in [0.2, 0.25) is 0 Å². The molecule has 0 aromatic carbocycles. The Morgan fingerprint density at radius 2 is 1.00 bits per heavy atom. The molecule has 0 aliphatic heterocycles. The molecule has 26 heavy (non-hydrogen) atoms. The lowest BCUT2D eigenvalue weighted by molar-refractivity contribution is 0.133. The molecule has 2 unspecified atom stereocenters. The van der Waals surface area contributed by atoms with Crippen LogP contribution in [0.25, 0.3) is 0 Å². The average molecular weight is 392 g/mol. The van der Waals surface area contributed by atoms with Gasteiger partial charge in [-0.3, -0.25) is 0 Å². The van der Waals surface area contributed by atoms with Gasteiger partial charge < -0.3 is 10.0 Å². The molecule has 1 N–H and O–H groups in total. The lowest BCUT2D eigenvalue weighted by Gasteiger charge is -2.25. The van der Waals surface area contributed by atoms with Crippen LogP contribution in [0.4, 0.5) is 0 Å². The predicted molar refractivity (Wildman–Crippen MR) is 121 cm³/mol. The Hall–Kier alpha value is 0.210.